The van der Waals surface area contributed by atoms with Crippen molar-refractivity contribution in [3.8, 4) is 0 Å². The summed E-state index contributed by atoms with van der Waals surface area (Å²) in [5.74, 6) is -0.0565. The van der Waals surface area contributed by atoms with Crippen LogP contribution in [0.1, 0.15) is 32.6 Å². The molecule has 0 aliphatic carbocycles. The molecule has 152 valence electrons. The fourth-order valence-electron chi connectivity index (χ4n) is 3.83. The molecule has 0 saturated carbocycles. The van der Waals surface area contributed by atoms with Crippen molar-refractivity contribution in [2.45, 2.75) is 50.7 Å². The van der Waals surface area contributed by atoms with Gasteiger partial charge in [-0.25, -0.2) is 10.3 Å². The number of rotatable bonds is 6. The van der Waals surface area contributed by atoms with E-state index in [9.17, 15) is 18.0 Å². The van der Waals surface area contributed by atoms with Crippen LogP contribution in [0.2, 0.25) is 0 Å². The number of piperidine rings is 1. The predicted octanol–water partition coefficient (Wildman–Crippen LogP) is -0.501. The van der Waals surface area contributed by atoms with E-state index >= 15 is 0 Å². The Morgan fingerprint density at radius 1 is 1.37 bits per heavy atom. The highest BCUT2D eigenvalue weighted by atomic mass is 32.3. The average molecular weight is 405 g/mol. The summed E-state index contributed by atoms with van der Waals surface area (Å²) in [5, 5.41) is 8.31. The summed E-state index contributed by atoms with van der Waals surface area (Å²) >= 11 is 0. The van der Waals surface area contributed by atoms with Crippen LogP contribution in [-0.4, -0.2) is 83.4 Å². The molecule has 3 saturated heterocycles. The molecule has 0 radical (unpaired) electrons. The topological polar surface area (TPSA) is 153 Å². The first-order valence-corrected chi connectivity index (χ1v) is 10.0. The molecule has 3 rings (SSSR count). The van der Waals surface area contributed by atoms with Gasteiger partial charge in [-0.05, 0) is 32.6 Å². The van der Waals surface area contributed by atoms with E-state index in [0.717, 1.165) is 19.4 Å². The molecule has 27 heavy (non-hydrogen) atoms. The number of hydrogen-bond acceptors (Lipinski definition) is 7. The van der Waals surface area contributed by atoms with Gasteiger partial charge in [0.2, 0.25) is 0 Å². The number of carbonyl (C=O) groups excluding carboxylic acids is 2. The molecule has 12 nitrogen and oxygen atoms in total. The summed E-state index contributed by atoms with van der Waals surface area (Å²) in [7, 11) is -4.82. The van der Waals surface area contributed by atoms with Crippen molar-refractivity contribution in [2.75, 3.05) is 19.7 Å². The summed E-state index contributed by atoms with van der Waals surface area (Å²) in [6, 6.07) is -2.14. The highest BCUT2D eigenvalue weighted by Gasteiger charge is 2.49. The fourth-order valence-corrected chi connectivity index (χ4v) is 4.22. The third kappa shape index (κ3) is 4.31. The lowest BCUT2D eigenvalue weighted by Gasteiger charge is -2.29. The van der Waals surface area contributed by atoms with Gasteiger partial charge in [0.05, 0.1) is 24.5 Å². The number of nitrogens with zero attached hydrogens (tertiary/aromatic N) is 3. The number of urea groups is 1. The zero-order chi connectivity index (χ0) is 19.8. The Morgan fingerprint density at radius 3 is 2.78 bits per heavy atom. The normalized spacial score (nSPS) is 28.0. The molecular formula is C14H23N5O7S. The van der Waals surface area contributed by atoms with Gasteiger partial charge < -0.3 is 9.80 Å². The average Bonchev–Trinajstić information content (AvgIpc) is 3.14. The minimum atomic E-state index is -4.82. The van der Waals surface area contributed by atoms with E-state index in [4.69, 9.17) is 14.8 Å². The number of fused-ring (bicyclic) bond motifs is 2. The molecule has 3 heterocycles. The van der Waals surface area contributed by atoms with Gasteiger partial charge in [-0.15, -0.1) is 4.28 Å². The quantitative estimate of drug-likeness (QED) is 0.231. The highest BCUT2D eigenvalue weighted by Crippen LogP contribution is 2.30. The Hall–Kier alpha value is -1.96. The number of carbonyl (C=O) groups is 2. The second kappa shape index (κ2) is 7.58. The van der Waals surface area contributed by atoms with Crippen molar-refractivity contribution in [1.82, 2.24) is 20.3 Å². The number of amides is 3. The lowest BCUT2D eigenvalue weighted by molar-refractivity contribution is -0.139. The van der Waals surface area contributed by atoms with E-state index in [0.29, 0.717) is 23.7 Å². The largest absolute Gasteiger partial charge is 0.418 e. The van der Waals surface area contributed by atoms with Crippen LogP contribution in [0, 0.1) is 5.41 Å². The van der Waals surface area contributed by atoms with Gasteiger partial charge in [-0.1, -0.05) is 0 Å². The Kier molecular flexibility index (Phi) is 5.55. The zero-order valence-electron chi connectivity index (χ0n) is 14.8. The minimum absolute atomic E-state index is 0.0191. The summed E-state index contributed by atoms with van der Waals surface area (Å²) < 4.78 is 34.9. The number of hydroxylamine groups is 3. The second-order valence-electron chi connectivity index (χ2n) is 6.86. The summed E-state index contributed by atoms with van der Waals surface area (Å²) in [5.41, 5.74) is 2.35. The Morgan fingerprint density at radius 2 is 2.11 bits per heavy atom. The maximum atomic E-state index is 12.4. The van der Waals surface area contributed by atoms with Gasteiger partial charge in [-0.3, -0.25) is 19.6 Å². The Bertz CT molecular complexity index is 729. The van der Waals surface area contributed by atoms with Crippen LogP contribution in [0.4, 0.5) is 4.79 Å². The molecule has 3 fully saturated rings. The molecular weight excluding hydrogens is 382 g/mol. The van der Waals surface area contributed by atoms with E-state index in [2.05, 4.69) is 9.76 Å². The van der Waals surface area contributed by atoms with Gasteiger partial charge in [0.15, 0.2) is 0 Å². The van der Waals surface area contributed by atoms with Crippen molar-refractivity contribution in [3.05, 3.63) is 0 Å². The lowest BCUT2D eigenvalue weighted by atomic mass is 10.0. The van der Waals surface area contributed by atoms with Gasteiger partial charge in [0.25, 0.3) is 5.91 Å². The first-order chi connectivity index (χ1) is 12.7. The maximum Gasteiger partial charge on any atom is 0.418 e. The van der Waals surface area contributed by atoms with Gasteiger partial charge in [0, 0.05) is 13.1 Å². The molecule has 0 spiro atoms. The monoisotopic (exact) mass is 405 g/mol. The molecule has 3 aliphatic rings. The van der Waals surface area contributed by atoms with E-state index < -0.39 is 34.4 Å². The van der Waals surface area contributed by atoms with Crippen molar-refractivity contribution < 1.29 is 31.7 Å². The Labute approximate surface area is 156 Å². The molecule has 0 aromatic rings. The zero-order valence-corrected chi connectivity index (χ0v) is 15.6. The third-order valence-corrected chi connectivity index (χ3v) is 5.41. The molecule has 0 aromatic carbocycles. The summed E-state index contributed by atoms with van der Waals surface area (Å²) in [4.78, 5) is 33.1. The van der Waals surface area contributed by atoms with Crippen LogP contribution in [-0.2, 0) is 24.3 Å². The molecule has 3 N–H and O–H groups in total. The van der Waals surface area contributed by atoms with Crippen molar-refractivity contribution >= 4 is 28.2 Å². The van der Waals surface area contributed by atoms with Crippen LogP contribution < -0.4 is 5.48 Å². The molecule has 3 amide bonds. The molecule has 2 unspecified atom stereocenters. The molecule has 3 atom stereocenters. The number of hydrogen-bond donors (Lipinski definition) is 3. The standard InChI is InChI=1S/C14H23N5O7S/c1-9(15)17-6-2-3-11(17)8-25-16-13(20)12-5-4-10-7-18(12)14(21)19(10)26-27(22,23)24/h10-12,15H,2-8H2,1H3,(H,16,20)(H,22,23,24)/t10?,11?,12-/m0/s1. The van der Waals surface area contributed by atoms with E-state index in [1.807, 2.05) is 4.90 Å². The summed E-state index contributed by atoms with van der Waals surface area (Å²) in [6.45, 7) is 2.83. The minimum Gasteiger partial charge on any atom is -0.355 e. The number of nitrogens with one attached hydrogen (secondary N) is 2. The van der Waals surface area contributed by atoms with Crippen molar-refractivity contribution in [2.24, 2.45) is 0 Å². The lowest BCUT2D eigenvalue weighted by Crippen LogP contribution is -2.50. The number of likely N-dealkylation sites (tertiary alicyclic amines) is 1. The van der Waals surface area contributed by atoms with Crippen LogP contribution in [0.15, 0.2) is 0 Å². The van der Waals surface area contributed by atoms with E-state index in [1.54, 1.807) is 6.92 Å². The smallest absolute Gasteiger partial charge is 0.355 e. The van der Waals surface area contributed by atoms with Crippen LogP contribution >= 0.6 is 0 Å². The SMILES string of the molecule is CC(=N)N1CCCC1CONC(=O)[C@@H]1CCC2CN1C(=O)N2OS(=O)(=O)O. The highest BCUT2D eigenvalue weighted by molar-refractivity contribution is 7.80. The van der Waals surface area contributed by atoms with Crippen molar-refractivity contribution in [3.63, 3.8) is 0 Å². The Balaban J connectivity index is 1.53. The van der Waals surface area contributed by atoms with Crippen molar-refractivity contribution in [1.29, 1.82) is 5.41 Å². The first kappa shape index (κ1) is 19.8. The van der Waals surface area contributed by atoms with Crippen LogP contribution in [0.3, 0.4) is 0 Å². The second-order valence-corrected chi connectivity index (χ2v) is 7.87. The van der Waals surface area contributed by atoms with Gasteiger partial charge >= 0.3 is 16.4 Å². The molecule has 3 aliphatic heterocycles. The predicted molar refractivity (Wildman–Crippen MR) is 90.6 cm³/mol. The van der Waals surface area contributed by atoms with Gasteiger partial charge in [0.1, 0.15) is 6.04 Å². The van der Waals surface area contributed by atoms with Crippen LogP contribution in [0.25, 0.3) is 0 Å². The molecule has 13 heteroatoms. The van der Waals surface area contributed by atoms with E-state index in [1.165, 1.54) is 4.90 Å². The number of amidine groups is 1. The molecule has 0 aromatic heterocycles. The first-order valence-electron chi connectivity index (χ1n) is 8.67. The fraction of sp³-hybridized carbons (Fsp3) is 0.786. The van der Waals surface area contributed by atoms with Crippen LogP contribution in [0.5, 0.6) is 0 Å². The summed E-state index contributed by atoms with van der Waals surface area (Å²) in [6.07, 6.45) is 2.48. The maximum absolute atomic E-state index is 12.4. The van der Waals surface area contributed by atoms with E-state index in [-0.39, 0.29) is 19.2 Å². The third-order valence-electron chi connectivity index (χ3n) is 5.06. The van der Waals surface area contributed by atoms with Gasteiger partial charge in [-0.2, -0.15) is 13.5 Å². The molecule has 2 bridgehead atoms.